The molecule has 0 aliphatic rings. The van der Waals surface area contributed by atoms with Crippen molar-refractivity contribution in [3.05, 3.63) is 59.8 Å². The first-order chi connectivity index (χ1) is 8.29. The fourth-order valence-electron chi connectivity index (χ4n) is 1.69. The van der Waals surface area contributed by atoms with Gasteiger partial charge in [-0.1, -0.05) is 30.3 Å². The maximum Gasteiger partial charge on any atom is 0.126 e. The van der Waals surface area contributed by atoms with Crippen molar-refractivity contribution >= 4 is 17.4 Å². The number of alkyl halides is 1. The van der Waals surface area contributed by atoms with Gasteiger partial charge >= 0.3 is 0 Å². The van der Waals surface area contributed by atoms with Crippen molar-refractivity contribution in [2.45, 2.75) is 13.0 Å². The topological polar surface area (TPSA) is 24.9 Å². The molecule has 88 valence electrons. The Hall–Kier alpha value is -1.54. The smallest absolute Gasteiger partial charge is 0.126 e. The second-order valence-electron chi connectivity index (χ2n) is 3.98. The van der Waals surface area contributed by atoms with Crippen molar-refractivity contribution in [1.82, 2.24) is 4.98 Å². The molecule has 0 amide bonds. The Bertz CT molecular complexity index is 471. The van der Waals surface area contributed by atoms with Crippen LogP contribution in [0.3, 0.4) is 0 Å². The zero-order chi connectivity index (χ0) is 12.1. The lowest BCUT2D eigenvalue weighted by atomic mass is 10.1. The molecule has 1 unspecified atom stereocenters. The van der Waals surface area contributed by atoms with E-state index in [2.05, 4.69) is 22.4 Å². The van der Waals surface area contributed by atoms with Crippen LogP contribution < -0.4 is 5.32 Å². The highest BCUT2D eigenvalue weighted by atomic mass is 35.5. The highest BCUT2D eigenvalue weighted by Gasteiger charge is 2.09. The third kappa shape index (κ3) is 3.21. The molecule has 17 heavy (non-hydrogen) atoms. The molecule has 2 aromatic rings. The number of hydrogen-bond donors (Lipinski definition) is 1. The molecule has 0 spiro atoms. The van der Waals surface area contributed by atoms with Crippen LogP contribution in [-0.4, -0.2) is 10.9 Å². The molecule has 0 aliphatic carbocycles. The molecule has 1 N–H and O–H groups in total. The van der Waals surface area contributed by atoms with E-state index in [9.17, 15) is 0 Å². The van der Waals surface area contributed by atoms with Crippen molar-refractivity contribution < 1.29 is 0 Å². The summed E-state index contributed by atoms with van der Waals surface area (Å²) in [6.45, 7) is 2.05. The van der Waals surface area contributed by atoms with E-state index in [-0.39, 0.29) is 6.04 Å². The van der Waals surface area contributed by atoms with Gasteiger partial charge in [0.1, 0.15) is 5.82 Å². The molecule has 1 aromatic carbocycles. The normalized spacial score (nSPS) is 12.1. The fraction of sp³-hybridized carbons (Fsp3) is 0.214. The molecule has 0 saturated heterocycles. The predicted octanol–water partition coefficient (Wildman–Crippen LogP) is 3.78. The molecule has 0 aliphatic heterocycles. The minimum Gasteiger partial charge on any atom is -0.362 e. The maximum absolute atomic E-state index is 6.00. The number of halogens is 1. The van der Waals surface area contributed by atoms with E-state index < -0.39 is 0 Å². The molecule has 2 rings (SSSR count). The Morgan fingerprint density at radius 1 is 1.24 bits per heavy atom. The summed E-state index contributed by atoms with van der Waals surface area (Å²) in [5.74, 6) is 1.37. The second kappa shape index (κ2) is 5.69. The molecular formula is C14H15ClN2. The van der Waals surface area contributed by atoms with Crippen LogP contribution in [0.5, 0.6) is 0 Å². The molecule has 3 heteroatoms. The molecule has 0 radical (unpaired) electrons. The van der Waals surface area contributed by atoms with Gasteiger partial charge in [0, 0.05) is 12.1 Å². The predicted molar refractivity (Wildman–Crippen MR) is 72.5 cm³/mol. The number of aromatic nitrogens is 1. The fourth-order valence-corrected chi connectivity index (χ4v) is 1.95. The van der Waals surface area contributed by atoms with Gasteiger partial charge in [0.15, 0.2) is 0 Å². The number of nitrogens with zero attached hydrogens (tertiary/aromatic N) is 1. The van der Waals surface area contributed by atoms with E-state index in [4.69, 9.17) is 11.6 Å². The summed E-state index contributed by atoms with van der Waals surface area (Å²) in [6, 6.07) is 14.2. The number of benzene rings is 1. The zero-order valence-corrected chi connectivity index (χ0v) is 10.5. The van der Waals surface area contributed by atoms with Crippen LogP contribution in [0, 0.1) is 6.92 Å². The highest BCUT2D eigenvalue weighted by molar-refractivity contribution is 6.18. The Morgan fingerprint density at radius 3 is 2.65 bits per heavy atom. The van der Waals surface area contributed by atoms with Gasteiger partial charge in [0.25, 0.3) is 0 Å². The minimum absolute atomic E-state index is 0.0900. The van der Waals surface area contributed by atoms with E-state index in [0.29, 0.717) is 5.88 Å². The van der Waals surface area contributed by atoms with Crippen molar-refractivity contribution in [2.75, 3.05) is 11.2 Å². The third-order valence-corrected chi connectivity index (χ3v) is 2.90. The standard InChI is InChI=1S/C14H15ClN2/c1-11-7-8-16-14(9-11)17-13(10-15)12-5-3-2-4-6-12/h2-9,13H,10H2,1H3,(H,16,17). The zero-order valence-electron chi connectivity index (χ0n) is 9.73. The Labute approximate surface area is 107 Å². The van der Waals surface area contributed by atoms with Gasteiger partial charge in [-0.3, -0.25) is 0 Å². The van der Waals surface area contributed by atoms with E-state index in [1.165, 1.54) is 11.1 Å². The molecule has 2 nitrogen and oxygen atoms in total. The number of aryl methyl sites for hydroxylation is 1. The Balaban J connectivity index is 2.16. The van der Waals surface area contributed by atoms with Crippen LogP contribution >= 0.6 is 11.6 Å². The SMILES string of the molecule is Cc1ccnc(NC(CCl)c2ccccc2)c1. The highest BCUT2D eigenvalue weighted by Crippen LogP contribution is 2.19. The average molecular weight is 247 g/mol. The first-order valence-corrected chi connectivity index (χ1v) is 6.13. The van der Waals surface area contributed by atoms with Crippen molar-refractivity contribution in [3.63, 3.8) is 0 Å². The summed E-state index contributed by atoms with van der Waals surface area (Å²) in [6.07, 6.45) is 1.80. The van der Waals surface area contributed by atoms with Crippen LogP contribution in [0.2, 0.25) is 0 Å². The number of rotatable bonds is 4. The summed E-state index contributed by atoms with van der Waals surface area (Å²) >= 11 is 6.00. The first-order valence-electron chi connectivity index (χ1n) is 5.59. The molecule has 0 saturated carbocycles. The van der Waals surface area contributed by atoms with Gasteiger partial charge in [-0.25, -0.2) is 4.98 Å². The van der Waals surface area contributed by atoms with Gasteiger partial charge in [-0.2, -0.15) is 0 Å². The maximum atomic E-state index is 6.00. The number of nitrogens with one attached hydrogen (secondary N) is 1. The summed E-state index contributed by atoms with van der Waals surface area (Å²) in [4.78, 5) is 4.28. The van der Waals surface area contributed by atoms with Crippen LogP contribution in [0.15, 0.2) is 48.7 Å². The van der Waals surface area contributed by atoms with Crippen molar-refractivity contribution in [1.29, 1.82) is 0 Å². The van der Waals surface area contributed by atoms with Gasteiger partial charge in [-0.15, -0.1) is 11.6 Å². The number of anilines is 1. The molecule has 1 aromatic heterocycles. The molecule has 1 atom stereocenters. The molecule has 1 heterocycles. The Kier molecular flexibility index (Phi) is 3.99. The third-order valence-electron chi connectivity index (χ3n) is 2.59. The lowest BCUT2D eigenvalue weighted by Crippen LogP contribution is -2.13. The van der Waals surface area contributed by atoms with Crippen LogP contribution in [0.4, 0.5) is 5.82 Å². The van der Waals surface area contributed by atoms with Crippen molar-refractivity contribution in [2.24, 2.45) is 0 Å². The first kappa shape index (κ1) is 11.9. The average Bonchev–Trinajstić information content (AvgIpc) is 2.37. The van der Waals surface area contributed by atoms with Crippen molar-refractivity contribution in [3.8, 4) is 0 Å². The summed E-state index contributed by atoms with van der Waals surface area (Å²) in [5, 5.41) is 3.34. The van der Waals surface area contributed by atoms with Gasteiger partial charge in [-0.05, 0) is 30.2 Å². The van der Waals surface area contributed by atoms with E-state index in [0.717, 1.165) is 5.82 Å². The van der Waals surface area contributed by atoms with Gasteiger partial charge in [0.05, 0.1) is 6.04 Å². The van der Waals surface area contributed by atoms with Gasteiger partial charge < -0.3 is 5.32 Å². The van der Waals surface area contributed by atoms with E-state index >= 15 is 0 Å². The largest absolute Gasteiger partial charge is 0.362 e. The summed E-state index contributed by atoms with van der Waals surface area (Å²) in [7, 11) is 0. The number of pyridine rings is 1. The monoisotopic (exact) mass is 246 g/mol. The molecular weight excluding hydrogens is 232 g/mol. The molecule has 0 bridgehead atoms. The summed E-state index contributed by atoms with van der Waals surface area (Å²) in [5.41, 5.74) is 2.36. The lowest BCUT2D eigenvalue weighted by molar-refractivity contribution is 0.882. The van der Waals surface area contributed by atoms with Crippen LogP contribution in [-0.2, 0) is 0 Å². The second-order valence-corrected chi connectivity index (χ2v) is 4.29. The van der Waals surface area contributed by atoms with E-state index in [1.54, 1.807) is 6.20 Å². The number of hydrogen-bond acceptors (Lipinski definition) is 2. The summed E-state index contributed by atoms with van der Waals surface area (Å²) < 4.78 is 0. The minimum atomic E-state index is 0.0900. The quantitative estimate of drug-likeness (QED) is 0.831. The van der Waals surface area contributed by atoms with Crippen LogP contribution in [0.1, 0.15) is 17.2 Å². The Morgan fingerprint density at radius 2 is 2.00 bits per heavy atom. The lowest BCUT2D eigenvalue weighted by Gasteiger charge is -2.17. The van der Waals surface area contributed by atoms with Crippen LogP contribution in [0.25, 0.3) is 0 Å². The van der Waals surface area contributed by atoms with Gasteiger partial charge in [0.2, 0.25) is 0 Å². The van der Waals surface area contributed by atoms with E-state index in [1.807, 2.05) is 37.3 Å². The molecule has 0 fully saturated rings.